The van der Waals surface area contributed by atoms with E-state index in [1.54, 1.807) is 11.3 Å². The number of nitrogens with zero attached hydrogens (tertiary/aromatic N) is 1. The highest BCUT2D eigenvalue weighted by Gasteiger charge is 2.19. The van der Waals surface area contributed by atoms with Crippen LogP contribution < -0.4 is 11.1 Å². The number of thiophene rings is 1. The van der Waals surface area contributed by atoms with Gasteiger partial charge in [-0.05, 0) is 42.0 Å². The van der Waals surface area contributed by atoms with Crippen molar-refractivity contribution in [1.29, 1.82) is 0 Å². The van der Waals surface area contributed by atoms with E-state index in [0.717, 1.165) is 29.2 Å². The number of nitrogens with two attached hydrogens (primary N) is 1. The first-order valence-corrected chi connectivity index (χ1v) is 11.5. The maximum absolute atomic E-state index is 11.9. The summed E-state index contributed by atoms with van der Waals surface area (Å²) >= 11 is 1.58. The smallest absolute Gasteiger partial charge is 0.221 e. The number of carbonyl (C=O) groups excluding carboxylic acids is 1. The van der Waals surface area contributed by atoms with Crippen molar-refractivity contribution in [2.24, 2.45) is 10.7 Å². The van der Waals surface area contributed by atoms with Gasteiger partial charge in [-0.2, -0.15) is 0 Å². The van der Waals surface area contributed by atoms with Crippen molar-refractivity contribution in [3.05, 3.63) is 52.2 Å². The van der Waals surface area contributed by atoms with E-state index in [1.165, 1.54) is 5.56 Å². The van der Waals surface area contributed by atoms with E-state index in [9.17, 15) is 4.79 Å². The van der Waals surface area contributed by atoms with Crippen LogP contribution in [0.3, 0.4) is 0 Å². The Morgan fingerprint density at radius 1 is 1.27 bits per heavy atom. The van der Waals surface area contributed by atoms with E-state index in [0.29, 0.717) is 24.1 Å². The summed E-state index contributed by atoms with van der Waals surface area (Å²) in [5.74, 6) is 1.86. The number of amidine groups is 1. The van der Waals surface area contributed by atoms with Crippen molar-refractivity contribution in [3.63, 3.8) is 0 Å². The van der Waals surface area contributed by atoms with Crippen LogP contribution in [0.2, 0.25) is 0 Å². The molecule has 1 aromatic heterocycles. The fourth-order valence-electron chi connectivity index (χ4n) is 2.49. The number of benzene rings is 1. The van der Waals surface area contributed by atoms with Gasteiger partial charge in [-0.25, -0.2) is 4.99 Å². The standard InChI is InChI=1S/C18H21N3OS3.ClH/c19-18(16-2-1-10-23-16)21-14-5-3-13(4-6-14)7-9-20-17(22)12-15-8-11-24-25-15;/h1-6,10,15H,7-9,11-12H2,(H2,19,21)(H,20,22);1H. The molecule has 4 nitrogen and oxygen atoms in total. The number of halogens is 1. The Morgan fingerprint density at radius 3 is 2.73 bits per heavy atom. The maximum atomic E-state index is 11.9. The van der Waals surface area contributed by atoms with E-state index < -0.39 is 0 Å². The molecule has 0 spiro atoms. The fraction of sp³-hybridized carbons (Fsp3) is 0.333. The van der Waals surface area contributed by atoms with Crippen LogP contribution in [-0.2, 0) is 11.2 Å². The molecule has 1 aliphatic heterocycles. The molecule has 1 amide bonds. The second kappa shape index (κ2) is 10.9. The highest BCUT2D eigenvalue weighted by Crippen LogP contribution is 2.39. The summed E-state index contributed by atoms with van der Waals surface area (Å²) in [7, 11) is 3.71. The van der Waals surface area contributed by atoms with Crippen LogP contribution in [-0.4, -0.2) is 29.3 Å². The van der Waals surface area contributed by atoms with Crippen molar-refractivity contribution in [2.75, 3.05) is 12.3 Å². The number of rotatable bonds is 7. The van der Waals surface area contributed by atoms with Gasteiger partial charge in [0.05, 0.1) is 10.6 Å². The molecule has 1 atom stereocenters. The van der Waals surface area contributed by atoms with Crippen LogP contribution >= 0.6 is 45.3 Å². The molecule has 1 aromatic carbocycles. The number of nitrogens with one attached hydrogen (secondary N) is 1. The molecule has 2 heterocycles. The van der Waals surface area contributed by atoms with Crippen LogP contribution in [0.15, 0.2) is 46.8 Å². The monoisotopic (exact) mass is 427 g/mol. The minimum absolute atomic E-state index is 0. The first-order valence-electron chi connectivity index (χ1n) is 8.22. The quantitative estimate of drug-likeness (QED) is 0.390. The zero-order valence-electron chi connectivity index (χ0n) is 14.2. The average molecular weight is 428 g/mol. The van der Waals surface area contributed by atoms with E-state index in [4.69, 9.17) is 5.73 Å². The second-order valence-electron chi connectivity index (χ2n) is 5.77. The summed E-state index contributed by atoms with van der Waals surface area (Å²) in [6.45, 7) is 0.670. The van der Waals surface area contributed by atoms with Crippen molar-refractivity contribution in [3.8, 4) is 0 Å². The molecule has 2 aromatic rings. The van der Waals surface area contributed by atoms with Crippen LogP contribution in [0, 0.1) is 0 Å². The number of amides is 1. The predicted molar refractivity (Wildman–Crippen MR) is 118 cm³/mol. The molecule has 3 rings (SSSR count). The van der Waals surface area contributed by atoms with Crippen LogP contribution in [0.4, 0.5) is 5.69 Å². The van der Waals surface area contributed by atoms with Gasteiger partial charge < -0.3 is 11.1 Å². The molecular weight excluding hydrogens is 406 g/mol. The van der Waals surface area contributed by atoms with Gasteiger partial charge in [0.25, 0.3) is 0 Å². The van der Waals surface area contributed by atoms with Gasteiger partial charge in [-0.15, -0.1) is 23.7 Å². The van der Waals surface area contributed by atoms with Crippen LogP contribution in [0.1, 0.15) is 23.3 Å². The van der Waals surface area contributed by atoms with Gasteiger partial charge in [0.15, 0.2) is 0 Å². The molecule has 0 aliphatic carbocycles. The molecule has 1 unspecified atom stereocenters. The lowest BCUT2D eigenvalue weighted by molar-refractivity contribution is -0.121. The van der Waals surface area contributed by atoms with E-state index in [2.05, 4.69) is 10.3 Å². The van der Waals surface area contributed by atoms with Crippen molar-refractivity contribution < 1.29 is 4.79 Å². The van der Waals surface area contributed by atoms with Gasteiger partial charge in [0, 0.05) is 24.0 Å². The van der Waals surface area contributed by atoms with Crippen molar-refractivity contribution in [1.82, 2.24) is 5.32 Å². The summed E-state index contributed by atoms with van der Waals surface area (Å²) in [5, 5.41) is 5.48. The summed E-state index contributed by atoms with van der Waals surface area (Å²) in [6, 6.07) is 11.9. The summed E-state index contributed by atoms with van der Waals surface area (Å²) < 4.78 is 0. The van der Waals surface area contributed by atoms with Gasteiger partial charge >= 0.3 is 0 Å². The van der Waals surface area contributed by atoms with Crippen LogP contribution in [0.25, 0.3) is 0 Å². The summed E-state index contributed by atoms with van der Waals surface area (Å²) in [6.07, 6.45) is 2.59. The number of hydrogen-bond donors (Lipinski definition) is 2. The molecule has 0 bridgehead atoms. The SMILES string of the molecule is Cl.NC(=Nc1ccc(CCNC(=O)CC2CCSS2)cc1)c1cccs1. The lowest BCUT2D eigenvalue weighted by atomic mass is 10.1. The summed E-state index contributed by atoms with van der Waals surface area (Å²) in [5.41, 5.74) is 8.02. The summed E-state index contributed by atoms with van der Waals surface area (Å²) in [4.78, 5) is 17.3. The molecule has 26 heavy (non-hydrogen) atoms. The van der Waals surface area contributed by atoms with E-state index >= 15 is 0 Å². The predicted octanol–water partition coefficient (Wildman–Crippen LogP) is 4.41. The highest BCUT2D eigenvalue weighted by molar-refractivity contribution is 8.77. The zero-order chi connectivity index (χ0) is 17.5. The van der Waals surface area contributed by atoms with Gasteiger partial charge in [-0.3, -0.25) is 4.79 Å². The average Bonchev–Trinajstić information content (AvgIpc) is 3.30. The second-order valence-corrected chi connectivity index (χ2v) is 9.51. The molecule has 0 saturated carbocycles. The molecule has 8 heteroatoms. The Balaban J connectivity index is 0.00000243. The molecule has 3 N–H and O–H groups in total. The maximum Gasteiger partial charge on any atom is 0.221 e. The number of hydrogen-bond acceptors (Lipinski definition) is 5. The largest absolute Gasteiger partial charge is 0.383 e. The Kier molecular flexibility index (Phi) is 8.84. The Hall–Kier alpha value is -1.15. The third-order valence-corrected chi connectivity index (χ3v) is 7.67. The molecule has 0 radical (unpaired) electrons. The lowest BCUT2D eigenvalue weighted by Gasteiger charge is -2.08. The fourth-order valence-corrected chi connectivity index (χ4v) is 6.02. The first kappa shape index (κ1) is 21.2. The Morgan fingerprint density at radius 2 is 2.08 bits per heavy atom. The number of aliphatic imine (C=N–C) groups is 1. The first-order chi connectivity index (χ1) is 12.2. The highest BCUT2D eigenvalue weighted by atomic mass is 35.5. The third-order valence-electron chi connectivity index (χ3n) is 3.84. The number of carbonyl (C=O) groups is 1. The van der Waals surface area contributed by atoms with Crippen LogP contribution in [0.5, 0.6) is 0 Å². The van der Waals surface area contributed by atoms with Gasteiger partial charge in [-0.1, -0.05) is 39.8 Å². The van der Waals surface area contributed by atoms with Crippen molar-refractivity contribution >= 4 is 62.8 Å². The Bertz CT molecular complexity index is 714. The molecule has 1 aliphatic rings. The third kappa shape index (κ3) is 6.54. The Labute approximate surface area is 172 Å². The zero-order valence-corrected chi connectivity index (χ0v) is 17.5. The van der Waals surface area contributed by atoms with E-state index in [-0.39, 0.29) is 18.3 Å². The topological polar surface area (TPSA) is 67.5 Å². The van der Waals surface area contributed by atoms with Gasteiger partial charge in [0.2, 0.25) is 5.91 Å². The molecular formula is C18H22ClN3OS3. The minimum Gasteiger partial charge on any atom is -0.383 e. The lowest BCUT2D eigenvalue weighted by Crippen LogP contribution is -2.27. The van der Waals surface area contributed by atoms with E-state index in [1.807, 2.05) is 63.4 Å². The minimum atomic E-state index is 0. The molecule has 140 valence electrons. The normalized spacial score (nSPS) is 16.9. The molecule has 1 fully saturated rings. The molecule has 1 saturated heterocycles. The van der Waals surface area contributed by atoms with Crippen molar-refractivity contribution in [2.45, 2.75) is 24.5 Å². The van der Waals surface area contributed by atoms with Gasteiger partial charge in [0.1, 0.15) is 5.84 Å².